The predicted molar refractivity (Wildman–Crippen MR) is 67.4 cm³/mol. The molecule has 0 saturated heterocycles. The van der Waals surface area contributed by atoms with Crippen molar-refractivity contribution in [2.45, 2.75) is 19.8 Å². The van der Waals surface area contributed by atoms with E-state index in [9.17, 15) is 14.9 Å². The number of nitro groups is 1. The first-order valence-corrected chi connectivity index (χ1v) is 5.63. The number of rotatable bonds is 6. The molecular weight excluding hydrogens is 234 g/mol. The van der Waals surface area contributed by atoms with Gasteiger partial charge < -0.3 is 9.53 Å². The van der Waals surface area contributed by atoms with Gasteiger partial charge in [0.15, 0.2) is 0 Å². The fraction of sp³-hybridized carbons (Fsp3) is 0.462. The molecule has 5 heteroatoms. The van der Waals surface area contributed by atoms with Crippen molar-refractivity contribution < 1.29 is 14.5 Å². The first-order chi connectivity index (χ1) is 8.40. The molecule has 18 heavy (non-hydrogen) atoms. The second-order valence-electron chi connectivity index (χ2n) is 4.78. The van der Waals surface area contributed by atoms with Crippen LogP contribution in [0.3, 0.4) is 0 Å². The summed E-state index contributed by atoms with van der Waals surface area (Å²) in [5.41, 5.74) is -0.0532. The van der Waals surface area contributed by atoms with Gasteiger partial charge in [-0.05, 0) is 17.7 Å². The average molecular weight is 251 g/mol. The number of carbonyl (C=O) groups excluding carboxylic acids is 1. The van der Waals surface area contributed by atoms with Crippen LogP contribution in [0.1, 0.15) is 25.3 Å². The molecule has 0 N–H and O–H groups in total. The molecule has 0 aromatic heterocycles. The summed E-state index contributed by atoms with van der Waals surface area (Å²) in [6, 6.07) is 7.05. The largest absolute Gasteiger partial charge is 0.497 e. The fourth-order valence-corrected chi connectivity index (χ4v) is 1.86. The lowest BCUT2D eigenvalue weighted by atomic mass is 9.76. The Morgan fingerprint density at radius 3 is 2.67 bits per heavy atom. The normalized spacial score (nSPS) is 12.8. The van der Waals surface area contributed by atoms with Crippen LogP contribution in [0.2, 0.25) is 0 Å². The van der Waals surface area contributed by atoms with Crippen LogP contribution in [-0.4, -0.2) is 24.9 Å². The SMILES string of the molecule is COc1cccc([C@@H](C[N+](=O)[O-])C(C)(C)C=O)c1. The second-order valence-corrected chi connectivity index (χ2v) is 4.78. The van der Waals surface area contributed by atoms with Gasteiger partial charge in [0.25, 0.3) is 0 Å². The third kappa shape index (κ3) is 3.29. The third-order valence-corrected chi connectivity index (χ3v) is 3.03. The van der Waals surface area contributed by atoms with Crippen molar-refractivity contribution in [1.82, 2.24) is 0 Å². The van der Waals surface area contributed by atoms with Gasteiger partial charge in [-0.2, -0.15) is 0 Å². The summed E-state index contributed by atoms with van der Waals surface area (Å²) in [4.78, 5) is 21.5. The molecule has 98 valence electrons. The monoisotopic (exact) mass is 251 g/mol. The Labute approximate surface area is 106 Å². The Hall–Kier alpha value is -1.91. The molecule has 0 aliphatic rings. The molecule has 0 bridgehead atoms. The zero-order valence-electron chi connectivity index (χ0n) is 10.8. The first kappa shape index (κ1) is 14.2. The topological polar surface area (TPSA) is 69.4 Å². The number of methoxy groups -OCH3 is 1. The Kier molecular flexibility index (Phi) is 4.42. The van der Waals surface area contributed by atoms with Gasteiger partial charge in [-0.1, -0.05) is 26.0 Å². The number of aldehydes is 1. The van der Waals surface area contributed by atoms with E-state index in [4.69, 9.17) is 4.74 Å². The highest BCUT2D eigenvalue weighted by molar-refractivity contribution is 5.60. The maximum absolute atomic E-state index is 11.1. The molecule has 0 aliphatic carbocycles. The minimum Gasteiger partial charge on any atom is -0.497 e. The fourth-order valence-electron chi connectivity index (χ4n) is 1.86. The van der Waals surface area contributed by atoms with Crippen molar-refractivity contribution in [3.8, 4) is 5.75 Å². The minimum absolute atomic E-state index is 0.279. The van der Waals surface area contributed by atoms with Crippen LogP contribution in [0.4, 0.5) is 0 Å². The molecule has 0 aliphatic heterocycles. The molecule has 1 rings (SSSR count). The van der Waals surface area contributed by atoms with Crippen LogP contribution in [-0.2, 0) is 4.79 Å². The number of nitrogens with zero attached hydrogens (tertiary/aromatic N) is 1. The van der Waals surface area contributed by atoms with Crippen LogP contribution >= 0.6 is 0 Å². The molecule has 0 radical (unpaired) electrons. The summed E-state index contributed by atoms with van der Waals surface area (Å²) in [5, 5.41) is 10.8. The smallest absolute Gasteiger partial charge is 0.211 e. The molecule has 5 nitrogen and oxygen atoms in total. The van der Waals surface area contributed by atoms with Crippen LogP contribution in [0.15, 0.2) is 24.3 Å². The van der Waals surface area contributed by atoms with E-state index in [1.807, 2.05) is 0 Å². The van der Waals surface area contributed by atoms with Crippen molar-refractivity contribution in [3.05, 3.63) is 39.9 Å². The van der Waals surface area contributed by atoms with Crippen molar-refractivity contribution in [2.75, 3.05) is 13.7 Å². The lowest BCUT2D eigenvalue weighted by Crippen LogP contribution is -2.29. The molecule has 1 aromatic carbocycles. The molecule has 0 spiro atoms. The van der Waals surface area contributed by atoms with Crippen molar-refractivity contribution in [1.29, 1.82) is 0 Å². The standard InChI is InChI=1S/C13H17NO4/c1-13(2,9-15)12(8-14(16)17)10-5-4-6-11(7-10)18-3/h4-7,9,12H,8H2,1-3H3/t12-/m1/s1. The Balaban J connectivity index is 3.16. The van der Waals surface area contributed by atoms with Gasteiger partial charge >= 0.3 is 0 Å². The second kappa shape index (κ2) is 5.62. The lowest BCUT2D eigenvalue weighted by Gasteiger charge is -2.26. The molecular formula is C13H17NO4. The highest BCUT2D eigenvalue weighted by Crippen LogP contribution is 2.35. The van der Waals surface area contributed by atoms with E-state index in [0.717, 1.165) is 11.8 Å². The van der Waals surface area contributed by atoms with Gasteiger partial charge in [-0.15, -0.1) is 0 Å². The number of carbonyl (C=O) groups is 1. The molecule has 0 unspecified atom stereocenters. The zero-order chi connectivity index (χ0) is 13.8. The summed E-state index contributed by atoms with van der Waals surface area (Å²) in [6.45, 7) is 3.13. The van der Waals surface area contributed by atoms with E-state index in [-0.39, 0.29) is 6.54 Å². The molecule has 0 fully saturated rings. The Bertz CT molecular complexity index is 442. The van der Waals surface area contributed by atoms with Gasteiger partial charge in [0.05, 0.1) is 13.0 Å². The molecule has 0 heterocycles. The van der Waals surface area contributed by atoms with Gasteiger partial charge in [0, 0.05) is 10.3 Å². The van der Waals surface area contributed by atoms with E-state index in [2.05, 4.69) is 0 Å². The minimum atomic E-state index is -0.792. The van der Waals surface area contributed by atoms with Crippen LogP contribution < -0.4 is 4.74 Å². The molecule has 1 atom stereocenters. The Morgan fingerprint density at radius 2 is 2.17 bits per heavy atom. The van der Waals surface area contributed by atoms with E-state index < -0.39 is 16.3 Å². The van der Waals surface area contributed by atoms with E-state index in [0.29, 0.717) is 5.75 Å². The van der Waals surface area contributed by atoms with Crippen molar-refractivity contribution >= 4 is 6.29 Å². The highest BCUT2D eigenvalue weighted by Gasteiger charge is 2.34. The zero-order valence-corrected chi connectivity index (χ0v) is 10.8. The van der Waals surface area contributed by atoms with E-state index >= 15 is 0 Å². The van der Waals surface area contributed by atoms with E-state index in [1.54, 1.807) is 38.1 Å². The number of benzene rings is 1. The molecule has 0 saturated carbocycles. The average Bonchev–Trinajstić information content (AvgIpc) is 2.35. The van der Waals surface area contributed by atoms with Crippen LogP contribution in [0.5, 0.6) is 5.75 Å². The van der Waals surface area contributed by atoms with Gasteiger partial charge in [-0.3, -0.25) is 10.1 Å². The highest BCUT2D eigenvalue weighted by atomic mass is 16.6. The van der Waals surface area contributed by atoms with Crippen LogP contribution in [0.25, 0.3) is 0 Å². The lowest BCUT2D eigenvalue weighted by molar-refractivity contribution is -0.485. The molecule has 1 aromatic rings. The van der Waals surface area contributed by atoms with Gasteiger partial charge in [0.1, 0.15) is 12.0 Å². The number of hydrogen-bond donors (Lipinski definition) is 0. The molecule has 0 amide bonds. The third-order valence-electron chi connectivity index (χ3n) is 3.03. The summed E-state index contributed by atoms with van der Waals surface area (Å²) in [7, 11) is 1.53. The number of ether oxygens (including phenoxy) is 1. The number of hydrogen-bond acceptors (Lipinski definition) is 4. The summed E-state index contributed by atoms with van der Waals surface area (Å²) in [6.07, 6.45) is 0.765. The summed E-state index contributed by atoms with van der Waals surface area (Å²) in [5.74, 6) is 0.155. The van der Waals surface area contributed by atoms with Crippen molar-refractivity contribution in [2.24, 2.45) is 5.41 Å². The maximum atomic E-state index is 11.1. The van der Waals surface area contributed by atoms with Crippen LogP contribution in [0, 0.1) is 15.5 Å². The predicted octanol–water partition coefficient (Wildman–Crippen LogP) is 2.28. The van der Waals surface area contributed by atoms with Gasteiger partial charge in [-0.25, -0.2) is 0 Å². The van der Waals surface area contributed by atoms with Crippen molar-refractivity contribution in [3.63, 3.8) is 0 Å². The van der Waals surface area contributed by atoms with Gasteiger partial charge in [0.2, 0.25) is 6.54 Å². The summed E-state index contributed by atoms with van der Waals surface area (Å²) >= 11 is 0. The quantitative estimate of drug-likeness (QED) is 0.442. The maximum Gasteiger partial charge on any atom is 0.211 e. The van der Waals surface area contributed by atoms with E-state index in [1.165, 1.54) is 7.11 Å². The summed E-state index contributed by atoms with van der Waals surface area (Å²) < 4.78 is 5.10. The first-order valence-electron chi connectivity index (χ1n) is 5.63. The Morgan fingerprint density at radius 1 is 1.50 bits per heavy atom.